The van der Waals surface area contributed by atoms with E-state index in [0.717, 1.165) is 12.8 Å². The molecule has 0 rings (SSSR count). The Labute approximate surface area is 167 Å². The lowest BCUT2D eigenvalue weighted by Gasteiger charge is -2.13. The molecule has 0 aromatic heterocycles. The van der Waals surface area contributed by atoms with Gasteiger partial charge in [-0.3, -0.25) is 0 Å². The molecule has 160 valence electrons. The van der Waals surface area contributed by atoms with Crippen LogP contribution in [-0.2, 0) is 14.3 Å². The first-order chi connectivity index (χ1) is 13.1. The van der Waals surface area contributed by atoms with Crippen LogP contribution in [0, 0.1) is 0 Å². The normalized spacial score (nSPS) is 11.8. The fourth-order valence-electron chi connectivity index (χ4n) is 3.00. The topological polar surface area (TPSA) is 64.6 Å². The van der Waals surface area contributed by atoms with Crippen LogP contribution in [-0.4, -0.2) is 31.3 Å². The number of nitrogens with one attached hydrogen (secondary N) is 1. The van der Waals surface area contributed by atoms with Crippen LogP contribution in [0.5, 0.6) is 0 Å². The Kier molecular flexibility index (Phi) is 18.6. The van der Waals surface area contributed by atoms with Gasteiger partial charge in [0, 0.05) is 0 Å². The fourth-order valence-corrected chi connectivity index (χ4v) is 3.00. The van der Waals surface area contributed by atoms with Crippen LogP contribution in [0.2, 0.25) is 0 Å². The molecule has 27 heavy (non-hydrogen) atoms. The molecule has 5 nitrogen and oxygen atoms in total. The van der Waals surface area contributed by atoms with Gasteiger partial charge in [-0.2, -0.15) is 0 Å². The summed E-state index contributed by atoms with van der Waals surface area (Å²) in [6.07, 6.45) is 17.6. The number of alkyl carbamates (subject to hydrolysis) is 1. The third-order valence-electron chi connectivity index (χ3n) is 4.71. The van der Waals surface area contributed by atoms with Crippen molar-refractivity contribution in [1.82, 2.24) is 5.32 Å². The Hall–Kier alpha value is -1.26. The molecule has 0 saturated carbocycles. The third-order valence-corrected chi connectivity index (χ3v) is 4.71. The number of esters is 1. The van der Waals surface area contributed by atoms with E-state index in [1.54, 1.807) is 13.8 Å². The summed E-state index contributed by atoms with van der Waals surface area (Å²) in [7, 11) is 0. The minimum absolute atomic E-state index is 0.284. The molecule has 0 aliphatic carbocycles. The Bertz CT molecular complexity index is 360. The van der Waals surface area contributed by atoms with Gasteiger partial charge in [-0.1, -0.05) is 90.4 Å². The van der Waals surface area contributed by atoms with E-state index in [1.165, 1.54) is 77.0 Å². The zero-order valence-corrected chi connectivity index (χ0v) is 18.0. The van der Waals surface area contributed by atoms with Crippen LogP contribution in [0.15, 0.2) is 0 Å². The van der Waals surface area contributed by atoms with Crippen molar-refractivity contribution in [2.75, 3.05) is 13.2 Å². The minimum Gasteiger partial charge on any atom is -0.464 e. The summed E-state index contributed by atoms with van der Waals surface area (Å²) in [5.74, 6) is -0.405. The Morgan fingerprint density at radius 2 is 1.15 bits per heavy atom. The quantitative estimate of drug-likeness (QED) is 0.227. The van der Waals surface area contributed by atoms with E-state index in [1.807, 2.05) is 0 Å². The number of amides is 1. The summed E-state index contributed by atoms with van der Waals surface area (Å²) in [6.45, 7) is 6.29. The van der Waals surface area contributed by atoms with Crippen molar-refractivity contribution in [2.45, 2.75) is 117 Å². The van der Waals surface area contributed by atoms with Crippen LogP contribution >= 0.6 is 0 Å². The van der Waals surface area contributed by atoms with E-state index >= 15 is 0 Å². The molecule has 0 aromatic rings. The lowest BCUT2D eigenvalue weighted by Crippen LogP contribution is -2.39. The van der Waals surface area contributed by atoms with Crippen molar-refractivity contribution >= 4 is 12.1 Å². The average Bonchev–Trinajstić information content (AvgIpc) is 2.64. The number of carbonyl (C=O) groups is 2. The van der Waals surface area contributed by atoms with Gasteiger partial charge in [0.05, 0.1) is 13.2 Å². The van der Waals surface area contributed by atoms with Crippen LogP contribution in [0.1, 0.15) is 111 Å². The molecule has 0 unspecified atom stereocenters. The third kappa shape index (κ3) is 17.9. The van der Waals surface area contributed by atoms with Crippen molar-refractivity contribution in [1.29, 1.82) is 0 Å². The first-order valence-corrected chi connectivity index (χ1v) is 11.2. The average molecular weight is 386 g/mol. The standard InChI is InChI=1S/C22H43NO4/c1-4-6-7-8-9-10-11-12-13-14-15-16-17-18-19-27-21(24)20(3)23-22(25)26-5-2/h20H,4-19H2,1-3H3,(H,23,25)/t20-/m0/s1. The summed E-state index contributed by atoms with van der Waals surface area (Å²) in [5, 5.41) is 2.45. The number of rotatable bonds is 18. The van der Waals surface area contributed by atoms with Crippen LogP contribution in [0.25, 0.3) is 0 Å². The van der Waals surface area contributed by atoms with E-state index in [2.05, 4.69) is 12.2 Å². The van der Waals surface area contributed by atoms with Crippen LogP contribution in [0.3, 0.4) is 0 Å². The molecule has 0 fully saturated rings. The number of unbranched alkanes of at least 4 members (excludes halogenated alkanes) is 13. The summed E-state index contributed by atoms with van der Waals surface area (Å²) in [5.41, 5.74) is 0. The molecule has 0 spiro atoms. The maximum Gasteiger partial charge on any atom is 0.407 e. The van der Waals surface area contributed by atoms with Gasteiger partial charge >= 0.3 is 12.1 Å². The van der Waals surface area contributed by atoms with Crippen molar-refractivity contribution in [3.05, 3.63) is 0 Å². The second-order valence-corrected chi connectivity index (χ2v) is 7.35. The highest BCUT2D eigenvalue weighted by Gasteiger charge is 2.17. The summed E-state index contributed by atoms with van der Waals surface area (Å²) in [6, 6.07) is -0.671. The van der Waals surface area contributed by atoms with E-state index in [4.69, 9.17) is 9.47 Å². The first-order valence-electron chi connectivity index (χ1n) is 11.2. The molecule has 1 atom stereocenters. The molecule has 5 heteroatoms. The van der Waals surface area contributed by atoms with Crippen LogP contribution in [0.4, 0.5) is 4.79 Å². The molecule has 1 amide bonds. The first kappa shape index (κ1) is 25.7. The van der Waals surface area contributed by atoms with Gasteiger partial charge in [-0.05, 0) is 20.3 Å². The predicted molar refractivity (Wildman–Crippen MR) is 111 cm³/mol. The molecular formula is C22H43NO4. The molecule has 0 heterocycles. The number of hydrogen-bond acceptors (Lipinski definition) is 4. The summed E-state index contributed by atoms with van der Waals surface area (Å²) < 4.78 is 9.92. The Morgan fingerprint density at radius 1 is 0.704 bits per heavy atom. The van der Waals surface area contributed by atoms with Gasteiger partial charge in [0.1, 0.15) is 6.04 Å². The van der Waals surface area contributed by atoms with Gasteiger partial charge in [-0.25, -0.2) is 9.59 Å². The number of carbonyl (C=O) groups excluding carboxylic acids is 2. The van der Waals surface area contributed by atoms with E-state index < -0.39 is 18.1 Å². The largest absolute Gasteiger partial charge is 0.464 e. The smallest absolute Gasteiger partial charge is 0.407 e. The number of hydrogen-bond donors (Lipinski definition) is 1. The Balaban J connectivity index is 3.30. The van der Waals surface area contributed by atoms with Gasteiger partial charge in [0.15, 0.2) is 0 Å². The highest BCUT2D eigenvalue weighted by Crippen LogP contribution is 2.13. The van der Waals surface area contributed by atoms with Crippen molar-refractivity contribution < 1.29 is 19.1 Å². The van der Waals surface area contributed by atoms with Crippen molar-refractivity contribution in [3.8, 4) is 0 Å². The van der Waals surface area contributed by atoms with Crippen LogP contribution < -0.4 is 5.32 Å². The minimum atomic E-state index is -0.671. The molecule has 1 N–H and O–H groups in total. The number of ether oxygens (including phenoxy) is 2. The fraction of sp³-hybridized carbons (Fsp3) is 0.909. The molecule has 0 saturated heterocycles. The second kappa shape index (κ2) is 19.5. The highest BCUT2D eigenvalue weighted by molar-refractivity contribution is 5.80. The zero-order chi connectivity index (χ0) is 20.2. The summed E-state index contributed by atoms with van der Waals surface area (Å²) in [4.78, 5) is 23.0. The van der Waals surface area contributed by atoms with E-state index in [0.29, 0.717) is 6.61 Å². The molecule has 0 aliphatic rings. The lowest BCUT2D eigenvalue weighted by atomic mass is 10.0. The van der Waals surface area contributed by atoms with Gasteiger partial charge in [0.25, 0.3) is 0 Å². The molecule has 0 bridgehead atoms. The zero-order valence-electron chi connectivity index (χ0n) is 18.0. The lowest BCUT2D eigenvalue weighted by molar-refractivity contribution is -0.145. The maximum absolute atomic E-state index is 11.7. The molecule has 0 aliphatic heterocycles. The van der Waals surface area contributed by atoms with Gasteiger partial charge in [-0.15, -0.1) is 0 Å². The second-order valence-electron chi connectivity index (χ2n) is 7.35. The molecule has 0 radical (unpaired) electrons. The maximum atomic E-state index is 11.7. The Morgan fingerprint density at radius 3 is 1.59 bits per heavy atom. The van der Waals surface area contributed by atoms with E-state index in [9.17, 15) is 9.59 Å². The van der Waals surface area contributed by atoms with E-state index in [-0.39, 0.29) is 6.61 Å². The highest BCUT2D eigenvalue weighted by atomic mass is 16.6. The van der Waals surface area contributed by atoms with Gasteiger partial charge < -0.3 is 14.8 Å². The molecular weight excluding hydrogens is 342 g/mol. The SMILES string of the molecule is CCCCCCCCCCCCCCCCOC(=O)[C@H](C)NC(=O)OCC. The monoisotopic (exact) mass is 385 g/mol. The van der Waals surface area contributed by atoms with Crippen molar-refractivity contribution in [3.63, 3.8) is 0 Å². The summed E-state index contributed by atoms with van der Waals surface area (Å²) >= 11 is 0. The van der Waals surface area contributed by atoms with Crippen molar-refractivity contribution in [2.24, 2.45) is 0 Å². The van der Waals surface area contributed by atoms with Gasteiger partial charge in [0.2, 0.25) is 0 Å². The predicted octanol–water partition coefficient (Wildman–Crippen LogP) is 6.15. The molecule has 0 aromatic carbocycles.